The van der Waals surface area contributed by atoms with Crippen LogP contribution in [0.15, 0.2) is 18.2 Å². The molecule has 3 nitrogen and oxygen atoms in total. The SMILES string of the molecule is NCC1(c2ccc(N3CCOCC3)c(Cl)c2)CCCCC1. The summed E-state index contributed by atoms with van der Waals surface area (Å²) in [5.74, 6) is 0. The van der Waals surface area contributed by atoms with Crippen LogP contribution < -0.4 is 10.6 Å². The number of hydrogen-bond donors (Lipinski definition) is 1. The largest absolute Gasteiger partial charge is 0.378 e. The molecule has 116 valence electrons. The molecule has 1 aliphatic heterocycles. The van der Waals surface area contributed by atoms with Gasteiger partial charge >= 0.3 is 0 Å². The van der Waals surface area contributed by atoms with E-state index in [9.17, 15) is 0 Å². The third-order valence-electron chi connectivity index (χ3n) is 5.11. The molecular weight excluding hydrogens is 284 g/mol. The molecule has 0 unspecified atom stereocenters. The van der Waals surface area contributed by atoms with Gasteiger partial charge in [0.15, 0.2) is 0 Å². The van der Waals surface area contributed by atoms with E-state index in [2.05, 4.69) is 23.1 Å². The average Bonchev–Trinajstić information content (AvgIpc) is 2.56. The topological polar surface area (TPSA) is 38.5 Å². The Hall–Kier alpha value is -0.770. The van der Waals surface area contributed by atoms with Gasteiger partial charge in [-0.15, -0.1) is 0 Å². The van der Waals surface area contributed by atoms with E-state index in [0.717, 1.165) is 43.6 Å². The molecule has 0 bridgehead atoms. The second-order valence-corrected chi connectivity index (χ2v) is 6.72. The number of nitrogens with two attached hydrogens (primary N) is 1. The van der Waals surface area contributed by atoms with Crippen LogP contribution in [0.1, 0.15) is 37.7 Å². The summed E-state index contributed by atoms with van der Waals surface area (Å²) < 4.78 is 5.41. The average molecular weight is 309 g/mol. The highest BCUT2D eigenvalue weighted by Gasteiger charge is 2.33. The van der Waals surface area contributed by atoms with Crippen molar-refractivity contribution in [2.75, 3.05) is 37.7 Å². The quantitative estimate of drug-likeness (QED) is 0.931. The van der Waals surface area contributed by atoms with E-state index in [0.29, 0.717) is 0 Å². The van der Waals surface area contributed by atoms with Crippen LogP contribution in [0.2, 0.25) is 5.02 Å². The van der Waals surface area contributed by atoms with Gasteiger partial charge in [-0.05, 0) is 30.5 Å². The molecule has 1 saturated heterocycles. The Bertz CT molecular complexity index is 480. The molecule has 4 heteroatoms. The Morgan fingerprint density at radius 3 is 2.48 bits per heavy atom. The van der Waals surface area contributed by atoms with Crippen LogP contribution in [0.3, 0.4) is 0 Å². The van der Waals surface area contributed by atoms with Crippen molar-refractivity contribution >= 4 is 17.3 Å². The first-order valence-electron chi connectivity index (χ1n) is 8.08. The molecule has 0 radical (unpaired) electrons. The van der Waals surface area contributed by atoms with Crippen LogP contribution in [-0.2, 0) is 10.2 Å². The lowest BCUT2D eigenvalue weighted by Crippen LogP contribution is -2.38. The number of hydrogen-bond acceptors (Lipinski definition) is 3. The molecular formula is C17H25ClN2O. The number of anilines is 1. The van der Waals surface area contributed by atoms with E-state index >= 15 is 0 Å². The van der Waals surface area contributed by atoms with E-state index in [1.165, 1.54) is 37.7 Å². The molecule has 1 aliphatic carbocycles. The second-order valence-electron chi connectivity index (χ2n) is 6.31. The van der Waals surface area contributed by atoms with Crippen molar-refractivity contribution in [1.82, 2.24) is 0 Å². The van der Waals surface area contributed by atoms with Gasteiger partial charge in [-0.3, -0.25) is 0 Å². The van der Waals surface area contributed by atoms with Crippen molar-refractivity contribution in [2.24, 2.45) is 5.73 Å². The number of ether oxygens (including phenoxy) is 1. The van der Waals surface area contributed by atoms with E-state index < -0.39 is 0 Å². The van der Waals surface area contributed by atoms with Crippen molar-refractivity contribution in [1.29, 1.82) is 0 Å². The summed E-state index contributed by atoms with van der Waals surface area (Å²) in [5.41, 5.74) is 8.73. The predicted octanol–water partition coefficient (Wildman–Crippen LogP) is 3.34. The van der Waals surface area contributed by atoms with Crippen LogP contribution in [0.5, 0.6) is 0 Å². The summed E-state index contributed by atoms with van der Waals surface area (Å²) in [4.78, 5) is 2.31. The van der Waals surface area contributed by atoms with Gasteiger partial charge in [-0.25, -0.2) is 0 Å². The first-order chi connectivity index (χ1) is 10.2. The molecule has 2 aliphatic rings. The third kappa shape index (κ3) is 3.05. The van der Waals surface area contributed by atoms with Crippen molar-refractivity contribution in [3.63, 3.8) is 0 Å². The normalized spacial score (nSPS) is 22.3. The Balaban J connectivity index is 1.85. The fourth-order valence-corrected chi connectivity index (χ4v) is 4.04. The first kappa shape index (κ1) is 15.1. The number of nitrogens with zero attached hydrogens (tertiary/aromatic N) is 1. The van der Waals surface area contributed by atoms with Gasteiger partial charge in [0.05, 0.1) is 23.9 Å². The van der Waals surface area contributed by atoms with Gasteiger partial charge in [0, 0.05) is 25.0 Å². The van der Waals surface area contributed by atoms with E-state index in [1.807, 2.05) is 0 Å². The summed E-state index contributed by atoms with van der Waals surface area (Å²) in [6, 6.07) is 6.58. The predicted molar refractivity (Wildman–Crippen MR) is 88.3 cm³/mol. The lowest BCUT2D eigenvalue weighted by molar-refractivity contribution is 0.122. The maximum absolute atomic E-state index is 6.58. The van der Waals surface area contributed by atoms with E-state index in [4.69, 9.17) is 22.1 Å². The van der Waals surface area contributed by atoms with Gasteiger partial charge in [0.25, 0.3) is 0 Å². The molecule has 1 aromatic carbocycles. The fraction of sp³-hybridized carbons (Fsp3) is 0.647. The zero-order valence-corrected chi connectivity index (χ0v) is 13.4. The van der Waals surface area contributed by atoms with Gasteiger partial charge in [-0.1, -0.05) is 36.9 Å². The van der Waals surface area contributed by atoms with Crippen LogP contribution in [0.4, 0.5) is 5.69 Å². The number of morpholine rings is 1. The number of halogens is 1. The minimum Gasteiger partial charge on any atom is -0.378 e. The molecule has 2 fully saturated rings. The number of benzene rings is 1. The molecule has 2 N–H and O–H groups in total. The molecule has 0 atom stereocenters. The zero-order valence-electron chi connectivity index (χ0n) is 12.6. The van der Waals surface area contributed by atoms with E-state index in [-0.39, 0.29) is 5.41 Å². The lowest BCUT2D eigenvalue weighted by Gasteiger charge is -2.37. The molecule has 3 rings (SSSR count). The molecule has 1 aromatic rings. The fourth-order valence-electron chi connectivity index (χ4n) is 3.74. The third-order valence-corrected chi connectivity index (χ3v) is 5.42. The summed E-state index contributed by atoms with van der Waals surface area (Å²) in [6.07, 6.45) is 6.27. The molecule has 0 aromatic heterocycles. The monoisotopic (exact) mass is 308 g/mol. The molecule has 1 heterocycles. The standard InChI is InChI=1S/C17H25ClN2O/c18-15-12-14(17(13-19)6-2-1-3-7-17)4-5-16(15)20-8-10-21-11-9-20/h4-5,12H,1-3,6-11,13,19H2. The minimum atomic E-state index is 0.144. The van der Waals surface area contributed by atoms with Gasteiger partial charge < -0.3 is 15.4 Å². The Morgan fingerprint density at radius 2 is 1.86 bits per heavy atom. The van der Waals surface area contributed by atoms with Crippen LogP contribution in [-0.4, -0.2) is 32.8 Å². The van der Waals surface area contributed by atoms with Gasteiger partial charge in [0.2, 0.25) is 0 Å². The van der Waals surface area contributed by atoms with Crippen molar-refractivity contribution in [3.05, 3.63) is 28.8 Å². The molecule has 21 heavy (non-hydrogen) atoms. The highest BCUT2D eigenvalue weighted by Crippen LogP contribution is 2.41. The smallest absolute Gasteiger partial charge is 0.0642 e. The zero-order chi connectivity index (χ0) is 14.7. The van der Waals surface area contributed by atoms with Gasteiger partial charge in [-0.2, -0.15) is 0 Å². The highest BCUT2D eigenvalue weighted by atomic mass is 35.5. The lowest BCUT2D eigenvalue weighted by atomic mass is 9.69. The first-order valence-corrected chi connectivity index (χ1v) is 8.46. The molecule has 0 spiro atoms. The maximum atomic E-state index is 6.58. The van der Waals surface area contributed by atoms with Gasteiger partial charge in [0.1, 0.15) is 0 Å². The van der Waals surface area contributed by atoms with Crippen LogP contribution >= 0.6 is 11.6 Å². The number of rotatable bonds is 3. The molecule has 0 amide bonds. The van der Waals surface area contributed by atoms with Crippen molar-refractivity contribution in [2.45, 2.75) is 37.5 Å². The maximum Gasteiger partial charge on any atom is 0.0642 e. The van der Waals surface area contributed by atoms with Crippen LogP contribution in [0, 0.1) is 0 Å². The Morgan fingerprint density at radius 1 is 1.14 bits per heavy atom. The Kier molecular flexibility index (Phi) is 4.72. The highest BCUT2D eigenvalue weighted by molar-refractivity contribution is 6.33. The summed E-state index contributed by atoms with van der Waals surface area (Å²) in [7, 11) is 0. The molecule has 1 saturated carbocycles. The summed E-state index contributed by atoms with van der Waals surface area (Å²) >= 11 is 6.58. The minimum absolute atomic E-state index is 0.144. The van der Waals surface area contributed by atoms with E-state index in [1.54, 1.807) is 0 Å². The van der Waals surface area contributed by atoms with Crippen LogP contribution in [0.25, 0.3) is 0 Å². The van der Waals surface area contributed by atoms with Crippen molar-refractivity contribution < 1.29 is 4.74 Å². The second kappa shape index (κ2) is 6.55. The Labute approximate surface area is 132 Å². The summed E-state index contributed by atoms with van der Waals surface area (Å²) in [6.45, 7) is 4.12. The van der Waals surface area contributed by atoms with Crippen molar-refractivity contribution in [3.8, 4) is 0 Å². The summed E-state index contributed by atoms with van der Waals surface area (Å²) in [5, 5.41) is 0.854.